The van der Waals surface area contributed by atoms with E-state index in [0.29, 0.717) is 30.0 Å². The van der Waals surface area contributed by atoms with Crippen molar-refractivity contribution in [1.82, 2.24) is 9.80 Å². The molecule has 4 rings (SSSR count). The van der Waals surface area contributed by atoms with E-state index in [2.05, 4.69) is 17.9 Å². The predicted octanol–water partition coefficient (Wildman–Crippen LogP) is 3.37. The predicted molar refractivity (Wildman–Crippen MR) is 109 cm³/mol. The van der Waals surface area contributed by atoms with Crippen molar-refractivity contribution in [3.8, 4) is 0 Å². The Hall–Kier alpha value is -1.73. The zero-order valence-electron chi connectivity index (χ0n) is 17.0. The Labute approximate surface area is 170 Å². The van der Waals surface area contributed by atoms with E-state index in [1.807, 2.05) is 43.5 Å². The summed E-state index contributed by atoms with van der Waals surface area (Å²) in [4.78, 5) is 28.5. The fraction of sp³-hybridized carbons (Fsp3) is 0.619. The molecule has 1 amide bonds. The van der Waals surface area contributed by atoms with Crippen LogP contribution in [-0.2, 0) is 16.1 Å². The van der Waals surface area contributed by atoms with Crippen LogP contribution in [-0.4, -0.2) is 65.4 Å². The number of esters is 1. The number of carbonyl (C=O) groups excluding carboxylic acids is 2. The summed E-state index contributed by atoms with van der Waals surface area (Å²) >= 11 is 1.94. The maximum atomic E-state index is 12.4. The quantitative estimate of drug-likeness (QED) is 0.669. The van der Waals surface area contributed by atoms with Crippen LogP contribution in [0.15, 0.2) is 12.1 Å². The summed E-state index contributed by atoms with van der Waals surface area (Å²) in [5, 5.41) is 0.380. The molecule has 0 spiro atoms. The molecule has 2 saturated heterocycles. The molecule has 0 N–H and O–H groups in total. The summed E-state index contributed by atoms with van der Waals surface area (Å²) < 4.78 is 10.7. The van der Waals surface area contributed by atoms with Crippen molar-refractivity contribution in [2.75, 3.05) is 31.9 Å². The van der Waals surface area contributed by atoms with E-state index >= 15 is 0 Å². The molecule has 7 heteroatoms. The molecule has 0 radical (unpaired) electrons. The van der Waals surface area contributed by atoms with Crippen molar-refractivity contribution in [3.63, 3.8) is 0 Å². The number of benzene rings is 1. The molecule has 0 saturated carbocycles. The summed E-state index contributed by atoms with van der Waals surface area (Å²) in [6.07, 6.45) is -0.210. The smallest absolute Gasteiger partial charge is 0.410 e. The zero-order valence-corrected chi connectivity index (χ0v) is 17.8. The molecule has 0 bridgehead atoms. The molecule has 6 nitrogen and oxygen atoms in total. The van der Waals surface area contributed by atoms with Crippen LogP contribution in [0.2, 0.25) is 0 Å². The number of ether oxygens (including phenoxy) is 2. The standard InChI is InChI=1S/C21H28N2O4S/c1-13-15(5-6-16-17(13)11-26-19(16)24)18-10-22-7-8-23(9-14(22)12-28-18)20(25)27-21(2,3)4/h5-6,14,18H,7-12H2,1-4H3/t14-,18?/m0/s1. The topological polar surface area (TPSA) is 59.1 Å². The van der Waals surface area contributed by atoms with Gasteiger partial charge in [0.25, 0.3) is 0 Å². The highest BCUT2D eigenvalue weighted by molar-refractivity contribution is 7.99. The lowest BCUT2D eigenvalue weighted by molar-refractivity contribution is 0.00556. The lowest BCUT2D eigenvalue weighted by Crippen LogP contribution is -2.58. The Morgan fingerprint density at radius 1 is 1.25 bits per heavy atom. The number of rotatable bonds is 1. The first-order valence-corrected chi connectivity index (χ1v) is 10.9. The number of piperazine rings is 1. The molecule has 1 unspecified atom stereocenters. The van der Waals surface area contributed by atoms with Crippen molar-refractivity contribution >= 4 is 23.8 Å². The van der Waals surface area contributed by atoms with Crippen LogP contribution in [0.4, 0.5) is 4.79 Å². The van der Waals surface area contributed by atoms with Gasteiger partial charge in [-0.25, -0.2) is 9.59 Å². The van der Waals surface area contributed by atoms with E-state index < -0.39 is 5.60 Å². The number of nitrogens with zero attached hydrogens (tertiary/aromatic N) is 2. The summed E-state index contributed by atoms with van der Waals surface area (Å²) in [6.45, 7) is 11.5. The molecule has 1 aromatic rings. The lowest BCUT2D eigenvalue weighted by Gasteiger charge is -2.46. The minimum Gasteiger partial charge on any atom is -0.457 e. The third-order valence-electron chi connectivity index (χ3n) is 5.70. The van der Waals surface area contributed by atoms with Gasteiger partial charge in [0.1, 0.15) is 12.2 Å². The third-order valence-corrected chi connectivity index (χ3v) is 7.08. The van der Waals surface area contributed by atoms with Crippen molar-refractivity contribution in [2.24, 2.45) is 0 Å². The molecular weight excluding hydrogens is 376 g/mol. The van der Waals surface area contributed by atoms with Gasteiger partial charge in [0.05, 0.1) is 5.56 Å². The lowest BCUT2D eigenvalue weighted by atomic mass is 9.96. The Kier molecular flexibility index (Phi) is 5.08. The van der Waals surface area contributed by atoms with E-state index in [-0.39, 0.29) is 12.1 Å². The second kappa shape index (κ2) is 7.26. The Balaban J connectivity index is 1.42. The van der Waals surface area contributed by atoms with Crippen LogP contribution < -0.4 is 0 Å². The molecule has 3 heterocycles. The summed E-state index contributed by atoms with van der Waals surface area (Å²) in [7, 11) is 0. The number of cyclic esters (lactones) is 1. The highest BCUT2D eigenvalue weighted by Gasteiger charge is 2.37. The molecule has 2 fully saturated rings. The van der Waals surface area contributed by atoms with Gasteiger partial charge in [0.2, 0.25) is 0 Å². The van der Waals surface area contributed by atoms with Crippen molar-refractivity contribution in [3.05, 3.63) is 34.4 Å². The van der Waals surface area contributed by atoms with Gasteiger partial charge in [0, 0.05) is 48.8 Å². The van der Waals surface area contributed by atoms with Crippen LogP contribution in [0.1, 0.15) is 53.1 Å². The molecule has 28 heavy (non-hydrogen) atoms. The molecule has 0 aliphatic carbocycles. The molecular formula is C21H28N2O4S. The fourth-order valence-electron chi connectivity index (χ4n) is 4.18. The number of hydrogen-bond acceptors (Lipinski definition) is 6. The van der Waals surface area contributed by atoms with E-state index in [1.54, 1.807) is 0 Å². The van der Waals surface area contributed by atoms with Crippen molar-refractivity contribution in [1.29, 1.82) is 0 Å². The SMILES string of the molecule is Cc1c(C2CN3CCN(C(=O)OC(C)(C)C)C[C@H]3CS2)ccc2c1COC2=O. The van der Waals surface area contributed by atoms with E-state index in [9.17, 15) is 9.59 Å². The van der Waals surface area contributed by atoms with Gasteiger partial charge >= 0.3 is 12.1 Å². The highest BCUT2D eigenvalue weighted by atomic mass is 32.2. The molecule has 3 aliphatic heterocycles. The minimum atomic E-state index is -0.461. The number of thioether (sulfide) groups is 1. The normalized spacial score (nSPS) is 25.1. The number of amides is 1. The highest BCUT2D eigenvalue weighted by Crippen LogP contribution is 2.40. The van der Waals surface area contributed by atoms with Crippen LogP contribution in [0.3, 0.4) is 0 Å². The third kappa shape index (κ3) is 3.74. The van der Waals surface area contributed by atoms with Gasteiger partial charge in [0.15, 0.2) is 0 Å². The maximum absolute atomic E-state index is 12.4. The average Bonchev–Trinajstić information content (AvgIpc) is 3.02. The molecule has 2 atom stereocenters. The van der Waals surface area contributed by atoms with Crippen molar-refractivity contribution < 1.29 is 19.1 Å². The molecule has 3 aliphatic rings. The van der Waals surface area contributed by atoms with E-state index in [0.717, 1.165) is 31.0 Å². The number of hydrogen-bond donors (Lipinski definition) is 0. The van der Waals surface area contributed by atoms with Gasteiger partial charge in [-0.1, -0.05) is 6.07 Å². The van der Waals surface area contributed by atoms with Gasteiger partial charge < -0.3 is 14.4 Å². The Bertz CT molecular complexity index is 804. The van der Waals surface area contributed by atoms with E-state index in [4.69, 9.17) is 9.47 Å². The summed E-state index contributed by atoms with van der Waals surface area (Å²) in [5.74, 6) is 0.773. The van der Waals surface area contributed by atoms with Crippen LogP contribution >= 0.6 is 11.8 Å². The number of carbonyl (C=O) groups is 2. The summed E-state index contributed by atoms with van der Waals surface area (Å²) in [6, 6.07) is 4.37. The average molecular weight is 405 g/mol. The molecule has 0 aromatic heterocycles. The minimum absolute atomic E-state index is 0.209. The Morgan fingerprint density at radius 2 is 2.04 bits per heavy atom. The second-order valence-corrected chi connectivity index (χ2v) is 10.0. The number of fused-ring (bicyclic) bond motifs is 2. The largest absolute Gasteiger partial charge is 0.457 e. The first kappa shape index (κ1) is 19.6. The second-order valence-electron chi connectivity index (χ2n) is 8.78. The van der Waals surface area contributed by atoms with Crippen LogP contribution in [0.25, 0.3) is 0 Å². The molecule has 152 valence electrons. The first-order chi connectivity index (χ1) is 13.2. The molecule has 1 aromatic carbocycles. The zero-order chi connectivity index (χ0) is 20.1. The van der Waals surface area contributed by atoms with E-state index in [1.165, 1.54) is 11.1 Å². The first-order valence-electron chi connectivity index (χ1n) is 9.86. The van der Waals surface area contributed by atoms with Gasteiger partial charge in [-0.2, -0.15) is 11.8 Å². The summed E-state index contributed by atoms with van der Waals surface area (Å²) in [5.41, 5.74) is 3.78. The van der Waals surface area contributed by atoms with Crippen LogP contribution in [0.5, 0.6) is 0 Å². The van der Waals surface area contributed by atoms with Gasteiger partial charge in [-0.15, -0.1) is 0 Å². The van der Waals surface area contributed by atoms with Crippen LogP contribution in [0, 0.1) is 6.92 Å². The van der Waals surface area contributed by atoms with Gasteiger partial charge in [-0.05, 0) is 44.9 Å². The van der Waals surface area contributed by atoms with Gasteiger partial charge in [-0.3, -0.25) is 4.90 Å². The fourth-order valence-corrected chi connectivity index (χ4v) is 5.68. The maximum Gasteiger partial charge on any atom is 0.410 e. The Morgan fingerprint density at radius 3 is 2.79 bits per heavy atom. The van der Waals surface area contributed by atoms with Crippen molar-refractivity contribution in [2.45, 2.75) is 51.2 Å². The monoisotopic (exact) mass is 404 g/mol.